The Hall–Kier alpha value is -3.46. The molecule has 0 aliphatic rings. The molecule has 8 nitrogen and oxygen atoms in total. The van der Waals surface area contributed by atoms with Gasteiger partial charge in [0.2, 0.25) is 0 Å². The van der Waals surface area contributed by atoms with Crippen LogP contribution in [-0.4, -0.2) is 42.1 Å². The second-order valence-corrected chi connectivity index (χ2v) is 7.73. The lowest BCUT2D eigenvalue weighted by Gasteiger charge is -2.17. The van der Waals surface area contributed by atoms with Crippen LogP contribution in [0.5, 0.6) is 0 Å². The summed E-state index contributed by atoms with van der Waals surface area (Å²) in [6.07, 6.45) is 0.909. The van der Waals surface area contributed by atoms with Gasteiger partial charge >= 0.3 is 12.1 Å². The third-order valence-corrected chi connectivity index (χ3v) is 5.63. The number of rotatable bonds is 8. The number of hydrogen-bond acceptors (Lipinski definition) is 7. The van der Waals surface area contributed by atoms with Crippen molar-refractivity contribution in [2.75, 3.05) is 13.2 Å². The summed E-state index contributed by atoms with van der Waals surface area (Å²) in [7, 11) is 0. The quantitative estimate of drug-likeness (QED) is 0.520. The molecule has 0 saturated heterocycles. The van der Waals surface area contributed by atoms with Gasteiger partial charge < -0.3 is 20.1 Å². The molecule has 0 aliphatic heterocycles. The molecule has 0 spiro atoms. The fraction of sp³-hybridized carbons (Fsp3) is 0.273. The van der Waals surface area contributed by atoms with Crippen LogP contribution in [0.2, 0.25) is 0 Å². The number of ether oxygens (including phenoxy) is 2. The third kappa shape index (κ3) is 6.02. The number of pyridine rings is 1. The van der Waals surface area contributed by atoms with Crippen LogP contribution in [0, 0.1) is 6.92 Å². The molecule has 2 aromatic heterocycles. The SMILES string of the molecule is CCOC(=O)[C@@H](CNC(=O)c1cc2nccc(C)c2s1)NC(=O)OCc1ccccc1. The standard InChI is InChI=1S/C22H23N3O5S/c1-3-29-21(27)17(25-22(28)30-13-15-7-5-4-6-8-15)12-24-20(26)18-11-16-19(31-18)14(2)9-10-23-16/h4-11,17H,3,12-13H2,1-2H3,(H,24,26)(H,25,28)/t17-/m1/s1. The first kappa shape index (κ1) is 22.2. The van der Waals surface area contributed by atoms with Gasteiger partial charge in [0.05, 0.1) is 21.7 Å². The number of esters is 1. The first-order valence-electron chi connectivity index (χ1n) is 9.75. The smallest absolute Gasteiger partial charge is 0.408 e. The molecule has 2 N–H and O–H groups in total. The van der Waals surface area contributed by atoms with Gasteiger partial charge in [0.1, 0.15) is 12.6 Å². The van der Waals surface area contributed by atoms with Gasteiger partial charge in [-0.1, -0.05) is 30.3 Å². The molecule has 9 heteroatoms. The van der Waals surface area contributed by atoms with Gasteiger partial charge in [-0.25, -0.2) is 9.59 Å². The summed E-state index contributed by atoms with van der Waals surface area (Å²) in [5.74, 6) is -1.02. The lowest BCUT2D eigenvalue weighted by Crippen LogP contribution is -2.49. The Kier molecular flexibility index (Phi) is 7.55. The lowest BCUT2D eigenvalue weighted by molar-refractivity contribution is -0.145. The maximum Gasteiger partial charge on any atom is 0.408 e. The molecule has 0 bridgehead atoms. The van der Waals surface area contributed by atoms with Gasteiger partial charge in [0, 0.05) is 12.7 Å². The van der Waals surface area contributed by atoms with Crippen LogP contribution in [0.3, 0.4) is 0 Å². The molecular weight excluding hydrogens is 418 g/mol. The minimum atomic E-state index is -1.08. The largest absolute Gasteiger partial charge is 0.464 e. The average Bonchev–Trinajstić information content (AvgIpc) is 3.22. The topological polar surface area (TPSA) is 107 Å². The second-order valence-electron chi connectivity index (χ2n) is 6.67. The summed E-state index contributed by atoms with van der Waals surface area (Å²) < 4.78 is 11.1. The highest BCUT2D eigenvalue weighted by molar-refractivity contribution is 7.21. The van der Waals surface area contributed by atoms with E-state index in [2.05, 4.69) is 15.6 Å². The van der Waals surface area contributed by atoms with Crippen LogP contribution in [0.1, 0.15) is 27.7 Å². The van der Waals surface area contributed by atoms with Crippen LogP contribution in [0.15, 0.2) is 48.7 Å². The molecule has 1 aromatic carbocycles. The summed E-state index contributed by atoms with van der Waals surface area (Å²) in [5, 5.41) is 5.13. The molecular formula is C22H23N3O5S. The van der Waals surface area contributed by atoms with Crippen molar-refractivity contribution in [3.8, 4) is 0 Å². The molecule has 0 radical (unpaired) electrons. The highest BCUT2D eigenvalue weighted by Gasteiger charge is 2.24. The van der Waals surface area contributed by atoms with Crippen molar-refractivity contribution in [2.24, 2.45) is 0 Å². The monoisotopic (exact) mass is 441 g/mol. The molecule has 2 heterocycles. The van der Waals surface area contributed by atoms with E-state index in [0.717, 1.165) is 21.3 Å². The number of hydrogen-bond donors (Lipinski definition) is 2. The predicted molar refractivity (Wildman–Crippen MR) is 117 cm³/mol. The Morgan fingerprint density at radius 2 is 1.90 bits per heavy atom. The Morgan fingerprint density at radius 3 is 2.61 bits per heavy atom. The van der Waals surface area contributed by atoms with Crippen LogP contribution in [0.4, 0.5) is 4.79 Å². The Morgan fingerprint density at radius 1 is 1.13 bits per heavy atom. The summed E-state index contributed by atoms with van der Waals surface area (Å²) in [5.41, 5.74) is 2.58. The maximum atomic E-state index is 12.6. The fourth-order valence-electron chi connectivity index (χ4n) is 2.80. The van der Waals surface area contributed by atoms with E-state index in [9.17, 15) is 14.4 Å². The van der Waals surface area contributed by atoms with Gasteiger partial charge in [0.25, 0.3) is 5.91 Å². The number of aromatic nitrogens is 1. The zero-order valence-electron chi connectivity index (χ0n) is 17.2. The number of carbonyl (C=O) groups excluding carboxylic acids is 3. The number of fused-ring (bicyclic) bond motifs is 1. The fourth-order valence-corrected chi connectivity index (χ4v) is 3.80. The van der Waals surface area contributed by atoms with E-state index in [-0.39, 0.29) is 25.7 Å². The van der Waals surface area contributed by atoms with Crippen molar-refractivity contribution < 1.29 is 23.9 Å². The van der Waals surface area contributed by atoms with E-state index < -0.39 is 18.1 Å². The highest BCUT2D eigenvalue weighted by atomic mass is 32.1. The number of alkyl carbamates (subject to hydrolysis) is 1. The van der Waals surface area contributed by atoms with Crippen molar-refractivity contribution in [2.45, 2.75) is 26.5 Å². The van der Waals surface area contributed by atoms with Gasteiger partial charge in [0.15, 0.2) is 0 Å². The van der Waals surface area contributed by atoms with Crippen molar-refractivity contribution in [3.05, 3.63) is 64.7 Å². The third-order valence-electron chi connectivity index (χ3n) is 4.38. The van der Waals surface area contributed by atoms with Crippen molar-refractivity contribution in [1.82, 2.24) is 15.6 Å². The number of nitrogens with one attached hydrogen (secondary N) is 2. The Bertz CT molecular complexity index is 1070. The average molecular weight is 442 g/mol. The van der Waals surface area contributed by atoms with E-state index in [4.69, 9.17) is 9.47 Å². The van der Waals surface area contributed by atoms with E-state index in [1.54, 1.807) is 19.2 Å². The minimum absolute atomic E-state index is 0.0582. The van der Waals surface area contributed by atoms with E-state index in [0.29, 0.717) is 4.88 Å². The van der Waals surface area contributed by atoms with Gasteiger partial charge in [-0.3, -0.25) is 9.78 Å². The maximum absolute atomic E-state index is 12.6. The second kappa shape index (κ2) is 10.5. The normalized spacial score (nSPS) is 11.5. The molecule has 0 aliphatic carbocycles. The minimum Gasteiger partial charge on any atom is -0.464 e. The summed E-state index contributed by atoms with van der Waals surface area (Å²) in [4.78, 5) is 41.7. The number of thiophene rings is 1. The summed E-state index contributed by atoms with van der Waals surface area (Å²) >= 11 is 1.32. The summed E-state index contributed by atoms with van der Waals surface area (Å²) in [6, 6.07) is 11.6. The first-order valence-corrected chi connectivity index (χ1v) is 10.6. The molecule has 0 fully saturated rings. The first-order chi connectivity index (χ1) is 15.0. The van der Waals surface area contributed by atoms with Gasteiger partial charge in [-0.05, 0) is 37.1 Å². The van der Waals surface area contributed by atoms with Crippen molar-refractivity contribution >= 4 is 39.5 Å². The van der Waals surface area contributed by atoms with E-state index in [1.165, 1.54) is 11.3 Å². The number of nitrogens with zero attached hydrogens (tertiary/aromatic N) is 1. The predicted octanol–water partition coefficient (Wildman–Crippen LogP) is 3.19. The Labute approximate surface area is 183 Å². The number of aryl methyl sites for hydroxylation is 1. The molecule has 2 amide bonds. The van der Waals surface area contributed by atoms with Crippen LogP contribution >= 0.6 is 11.3 Å². The molecule has 0 unspecified atom stereocenters. The van der Waals surface area contributed by atoms with E-state index >= 15 is 0 Å². The van der Waals surface area contributed by atoms with Crippen LogP contribution < -0.4 is 10.6 Å². The summed E-state index contributed by atoms with van der Waals surface area (Å²) in [6.45, 7) is 3.67. The molecule has 31 heavy (non-hydrogen) atoms. The highest BCUT2D eigenvalue weighted by Crippen LogP contribution is 2.26. The lowest BCUT2D eigenvalue weighted by atomic mass is 10.2. The molecule has 0 saturated carbocycles. The number of carbonyl (C=O) groups is 3. The number of benzene rings is 1. The van der Waals surface area contributed by atoms with Crippen LogP contribution in [-0.2, 0) is 20.9 Å². The van der Waals surface area contributed by atoms with Crippen LogP contribution in [0.25, 0.3) is 10.2 Å². The molecule has 3 rings (SSSR count). The zero-order chi connectivity index (χ0) is 22.2. The van der Waals surface area contributed by atoms with Gasteiger partial charge in [-0.2, -0.15) is 0 Å². The van der Waals surface area contributed by atoms with Crippen molar-refractivity contribution in [3.63, 3.8) is 0 Å². The molecule has 162 valence electrons. The molecule has 1 atom stereocenters. The van der Waals surface area contributed by atoms with Gasteiger partial charge in [-0.15, -0.1) is 11.3 Å². The van der Waals surface area contributed by atoms with Crippen molar-refractivity contribution in [1.29, 1.82) is 0 Å². The zero-order valence-corrected chi connectivity index (χ0v) is 18.0. The Balaban J connectivity index is 1.60. The molecule has 3 aromatic rings. The number of amides is 2. The van der Waals surface area contributed by atoms with E-state index in [1.807, 2.05) is 43.3 Å².